The van der Waals surface area contributed by atoms with Gasteiger partial charge in [-0.25, -0.2) is 9.97 Å². The van der Waals surface area contributed by atoms with Crippen LogP contribution < -0.4 is 5.32 Å². The van der Waals surface area contributed by atoms with E-state index >= 15 is 0 Å². The van der Waals surface area contributed by atoms with Crippen LogP contribution in [-0.2, 0) is 6.54 Å². The molecule has 0 radical (unpaired) electrons. The van der Waals surface area contributed by atoms with Crippen LogP contribution in [-0.4, -0.2) is 9.97 Å². The minimum Gasteiger partial charge on any atom is -0.444 e. The standard InChI is InChI=1S/C11H10Cl3N3O/c1-5-6(2)18-9(16-5)4-15-11-8(13)3-7(12)10(14)17-11/h3H,4H2,1-2H3,(H,15,17). The lowest BCUT2D eigenvalue weighted by Gasteiger charge is -2.06. The highest BCUT2D eigenvalue weighted by Crippen LogP contribution is 2.29. The number of nitrogens with zero attached hydrogens (tertiary/aromatic N) is 2. The molecular formula is C11H10Cl3N3O. The zero-order chi connectivity index (χ0) is 13.3. The van der Waals surface area contributed by atoms with Gasteiger partial charge >= 0.3 is 0 Å². The second-order valence-corrected chi connectivity index (χ2v) is 4.87. The predicted molar refractivity (Wildman–Crippen MR) is 72.6 cm³/mol. The van der Waals surface area contributed by atoms with Gasteiger partial charge in [0.15, 0.2) is 0 Å². The van der Waals surface area contributed by atoms with Crippen molar-refractivity contribution in [2.75, 3.05) is 5.32 Å². The number of rotatable bonds is 3. The molecule has 2 aromatic rings. The summed E-state index contributed by atoms with van der Waals surface area (Å²) in [6.45, 7) is 4.11. The molecule has 0 saturated heterocycles. The van der Waals surface area contributed by atoms with E-state index in [9.17, 15) is 0 Å². The molecule has 18 heavy (non-hydrogen) atoms. The number of oxazole rings is 1. The summed E-state index contributed by atoms with van der Waals surface area (Å²) in [6, 6.07) is 1.53. The Morgan fingerprint density at radius 3 is 2.50 bits per heavy atom. The average molecular weight is 307 g/mol. The summed E-state index contributed by atoms with van der Waals surface area (Å²) in [5, 5.41) is 3.90. The Bertz CT molecular complexity index is 564. The van der Waals surface area contributed by atoms with Gasteiger partial charge in [-0.2, -0.15) is 0 Å². The first-order valence-electron chi connectivity index (χ1n) is 5.15. The highest BCUT2D eigenvalue weighted by molar-refractivity contribution is 6.42. The second kappa shape index (κ2) is 5.34. The van der Waals surface area contributed by atoms with Crippen LogP contribution in [0.3, 0.4) is 0 Å². The number of aryl methyl sites for hydroxylation is 2. The summed E-state index contributed by atoms with van der Waals surface area (Å²) in [6.07, 6.45) is 0. The van der Waals surface area contributed by atoms with Crippen molar-refractivity contribution in [2.45, 2.75) is 20.4 Å². The molecule has 0 unspecified atom stereocenters. The minimum absolute atomic E-state index is 0.198. The van der Waals surface area contributed by atoms with Gasteiger partial charge in [-0.15, -0.1) is 0 Å². The third-order valence-corrected chi connectivity index (χ3v) is 3.33. The van der Waals surface area contributed by atoms with Crippen molar-refractivity contribution in [2.24, 2.45) is 0 Å². The molecular weight excluding hydrogens is 297 g/mol. The van der Waals surface area contributed by atoms with E-state index in [-0.39, 0.29) is 5.15 Å². The lowest BCUT2D eigenvalue weighted by Crippen LogP contribution is -2.02. The van der Waals surface area contributed by atoms with E-state index in [0.717, 1.165) is 11.5 Å². The maximum absolute atomic E-state index is 5.99. The van der Waals surface area contributed by atoms with E-state index in [1.165, 1.54) is 6.07 Å². The van der Waals surface area contributed by atoms with Crippen molar-refractivity contribution in [1.82, 2.24) is 9.97 Å². The first-order valence-corrected chi connectivity index (χ1v) is 6.29. The molecule has 0 bridgehead atoms. The van der Waals surface area contributed by atoms with E-state index in [1.807, 2.05) is 13.8 Å². The van der Waals surface area contributed by atoms with Gasteiger partial charge in [0, 0.05) is 0 Å². The Balaban J connectivity index is 2.13. The van der Waals surface area contributed by atoms with Crippen molar-refractivity contribution in [3.05, 3.63) is 38.6 Å². The fourth-order valence-corrected chi connectivity index (χ4v) is 1.91. The van der Waals surface area contributed by atoms with Gasteiger partial charge in [-0.3, -0.25) is 0 Å². The number of aromatic nitrogens is 2. The van der Waals surface area contributed by atoms with E-state index in [1.54, 1.807) is 0 Å². The first-order chi connectivity index (χ1) is 8.47. The van der Waals surface area contributed by atoms with Crippen LogP contribution in [0, 0.1) is 13.8 Å². The summed E-state index contributed by atoms with van der Waals surface area (Å²) in [5.74, 6) is 1.80. The van der Waals surface area contributed by atoms with Crippen LogP contribution >= 0.6 is 34.8 Å². The van der Waals surface area contributed by atoms with Crippen LogP contribution in [0.4, 0.5) is 5.82 Å². The molecule has 2 heterocycles. The predicted octanol–water partition coefficient (Wildman–Crippen LogP) is 4.26. The van der Waals surface area contributed by atoms with Gasteiger partial charge in [-0.05, 0) is 19.9 Å². The third kappa shape index (κ3) is 2.88. The molecule has 0 aromatic carbocycles. The van der Waals surface area contributed by atoms with Crippen molar-refractivity contribution < 1.29 is 4.42 Å². The molecule has 1 N–H and O–H groups in total. The normalized spacial score (nSPS) is 10.7. The smallest absolute Gasteiger partial charge is 0.213 e. The molecule has 0 amide bonds. The van der Waals surface area contributed by atoms with Crippen LogP contribution in [0.2, 0.25) is 15.2 Å². The molecule has 0 aliphatic carbocycles. The molecule has 0 spiro atoms. The van der Waals surface area contributed by atoms with Crippen LogP contribution in [0.1, 0.15) is 17.3 Å². The molecule has 4 nitrogen and oxygen atoms in total. The van der Waals surface area contributed by atoms with Crippen LogP contribution in [0.25, 0.3) is 0 Å². The summed E-state index contributed by atoms with van der Waals surface area (Å²) in [5.41, 5.74) is 0.861. The molecule has 0 saturated carbocycles. The van der Waals surface area contributed by atoms with Crippen LogP contribution in [0.5, 0.6) is 0 Å². The first kappa shape index (κ1) is 13.5. The van der Waals surface area contributed by atoms with Crippen molar-refractivity contribution in [1.29, 1.82) is 0 Å². The molecule has 2 aromatic heterocycles. The van der Waals surface area contributed by atoms with Gasteiger partial charge < -0.3 is 9.73 Å². The van der Waals surface area contributed by atoms with Gasteiger partial charge in [0.2, 0.25) is 5.89 Å². The molecule has 0 aliphatic heterocycles. The van der Waals surface area contributed by atoms with Gasteiger partial charge in [0.1, 0.15) is 16.7 Å². The fraction of sp³-hybridized carbons (Fsp3) is 0.273. The lowest BCUT2D eigenvalue weighted by molar-refractivity contribution is 0.478. The lowest BCUT2D eigenvalue weighted by atomic mass is 10.4. The zero-order valence-corrected chi connectivity index (χ0v) is 12.0. The molecule has 96 valence electrons. The van der Waals surface area contributed by atoms with Crippen molar-refractivity contribution in [3.63, 3.8) is 0 Å². The molecule has 2 rings (SSSR count). The van der Waals surface area contributed by atoms with Crippen molar-refractivity contribution in [3.8, 4) is 0 Å². The summed E-state index contributed by atoms with van der Waals surface area (Å²) >= 11 is 17.6. The monoisotopic (exact) mass is 305 g/mol. The minimum atomic E-state index is 0.198. The number of hydrogen-bond acceptors (Lipinski definition) is 4. The topological polar surface area (TPSA) is 51.0 Å². The maximum atomic E-state index is 5.99. The number of halogens is 3. The van der Waals surface area contributed by atoms with E-state index in [0.29, 0.717) is 28.3 Å². The zero-order valence-electron chi connectivity index (χ0n) is 9.72. The summed E-state index contributed by atoms with van der Waals surface area (Å²) < 4.78 is 5.43. The average Bonchev–Trinajstić information content (AvgIpc) is 2.62. The number of nitrogens with one attached hydrogen (secondary N) is 1. The SMILES string of the molecule is Cc1nc(CNc2nc(Cl)c(Cl)cc2Cl)oc1C. The highest BCUT2D eigenvalue weighted by atomic mass is 35.5. The van der Waals surface area contributed by atoms with Gasteiger partial charge in [-0.1, -0.05) is 34.8 Å². The fourth-order valence-electron chi connectivity index (χ4n) is 1.34. The molecule has 0 atom stereocenters. The Morgan fingerprint density at radius 1 is 1.17 bits per heavy atom. The largest absolute Gasteiger partial charge is 0.444 e. The van der Waals surface area contributed by atoms with E-state index in [2.05, 4.69) is 15.3 Å². The quantitative estimate of drug-likeness (QED) is 0.861. The Labute approximate surface area is 119 Å². The Morgan fingerprint density at radius 2 is 1.89 bits per heavy atom. The van der Waals surface area contributed by atoms with Gasteiger partial charge in [0.25, 0.3) is 0 Å². The summed E-state index contributed by atoms with van der Waals surface area (Å²) in [7, 11) is 0. The Hall–Kier alpha value is -0.970. The van der Waals surface area contributed by atoms with E-state index in [4.69, 9.17) is 39.2 Å². The Kier molecular flexibility index (Phi) is 4.00. The third-order valence-electron chi connectivity index (χ3n) is 2.37. The molecule has 0 fully saturated rings. The number of hydrogen-bond donors (Lipinski definition) is 1. The molecule has 7 heteroatoms. The number of anilines is 1. The van der Waals surface area contributed by atoms with Crippen molar-refractivity contribution >= 4 is 40.6 Å². The second-order valence-electron chi connectivity index (χ2n) is 3.69. The highest BCUT2D eigenvalue weighted by Gasteiger charge is 2.10. The molecule has 0 aliphatic rings. The van der Waals surface area contributed by atoms with Gasteiger partial charge in [0.05, 0.1) is 22.3 Å². The maximum Gasteiger partial charge on any atom is 0.213 e. The van der Waals surface area contributed by atoms with E-state index < -0.39 is 0 Å². The number of pyridine rings is 1. The summed E-state index contributed by atoms with van der Waals surface area (Å²) in [4.78, 5) is 8.27. The van der Waals surface area contributed by atoms with Crippen LogP contribution in [0.15, 0.2) is 10.5 Å².